The highest BCUT2D eigenvalue weighted by Crippen LogP contribution is 2.37. The van der Waals surface area contributed by atoms with Crippen molar-refractivity contribution >= 4 is 5.91 Å². The summed E-state index contributed by atoms with van der Waals surface area (Å²) in [6.07, 6.45) is 7.00. The second kappa shape index (κ2) is 8.81. The molecule has 2 fully saturated rings. The van der Waals surface area contributed by atoms with Crippen LogP contribution in [0.5, 0.6) is 0 Å². The first kappa shape index (κ1) is 18.4. The fourth-order valence-electron chi connectivity index (χ4n) is 4.51. The molecule has 0 bridgehead atoms. The van der Waals surface area contributed by atoms with Gasteiger partial charge < -0.3 is 16.0 Å². The number of carbonyl (C=O) groups excluding carboxylic acids is 1. The van der Waals surface area contributed by atoms with E-state index in [4.69, 9.17) is 5.73 Å². The molecule has 4 unspecified atom stereocenters. The second-order valence-corrected chi connectivity index (χ2v) is 7.91. The number of nitrogens with one attached hydrogen (secondary N) is 1. The van der Waals surface area contributed by atoms with Gasteiger partial charge in [0.05, 0.1) is 6.04 Å². The van der Waals surface area contributed by atoms with Crippen LogP contribution in [0, 0.1) is 5.92 Å². The minimum absolute atomic E-state index is 0.123. The van der Waals surface area contributed by atoms with E-state index in [1.165, 1.54) is 18.4 Å². The molecular weight excluding hydrogens is 310 g/mol. The molecule has 1 aromatic carbocycles. The summed E-state index contributed by atoms with van der Waals surface area (Å²) in [6.45, 7) is 4.71. The molecule has 25 heavy (non-hydrogen) atoms. The second-order valence-electron chi connectivity index (χ2n) is 7.91. The van der Waals surface area contributed by atoms with Crippen molar-refractivity contribution in [2.24, 2.45) is 11.7 Å². The number of hydrogen-bond acceptors (Lipinski definition) is 3. The van der Waals surface area contributed by atoms with Crippen molar-refractivity contribution in [3.63, 3.8) is 0 Å². The summed E-state index contributed by atoms with van der Waals surface area (Å²) in [5, 5.41) is 3.57. The predicted octanol–water partition coefficient (Wildman–Crippen LogP) is 2.89. The van der Waals surface area contributed by atoms with Crippen molar-refractivity contribution in [1.82, 2.24) is 10.2 Å². The number of hydrogen-bond donors (Lipinski definition) is 2. The smallest absolute Gasteiger partial charge is 0.240 e. The van der Waals surface area contributed by atoms with Crippen LogP contribution < -0.4 is 11.1 Å². The summed E-state index contributed by atoms with van der Waals surface area (Å²) in [5.41, 5.74) is 7.63. The van der Waals surface area contributed by atoms with Gasteiger partial charge >= 0.3 is 0 Å². The molecule has 3 N–H and O–H groups in total. The molecule has 138 valence electrons. The van der Waals surface area contributed by atoms with E-state index in [9.17, 15) is 4.79 Å². The molecular formula is C21H33N3O. The van der Waals surface area contributed by atoms with Crippen molar-refractivity contribution < 1.29 is 4.79 Å². The van der Waals surface area contributed by atoms with Gasteiger partial charge in [0.25, 0.3) is 0 Å². The SMILES string of the molecule is CC1CC(NCC(N)C(=O)N2CCCCC2)CCC1c1ccccc1. The van der Waals surface area contributed by atoms with E-state index >= 15 is 0 Å². The quantitative estimate of drug-likeness (QED) is 0.864. The van der Waals surface area contributed by atoms with Crippen LogP contribution in [-0.4, -0.2) is 42.5 Å². The monoisotopic (exact) mass is 343 g/mol. The van der Waals surface area contributed by atoms with Crippen molar-refractivity contribution in [3.8, 4) is 0 Å². The molecule has 1 aliphatic carbocycles. The Hall–Kier alpha value is -1.39. The van der Waals surface area contributed by atoms with Crippen LogP contribution in [0.4, 0.5) is 0 Å². The lowest BCUT2D eigenvalue weighted by atomic mass is 9.74. The molecule has 1 amide bonds. The van der Waals surface area contributed by atoms with E-state index in [0.717, 1.165) is 38.8 Å². The minimum atomic E-state index is -0.403. The summed E-state index contributed by atoms with van der Waals surface area (Å²) < 4.78 is 0. The van der Waals surface area contributed by atoms with Crippen LogP contribution in [0.15, 0.2) is 30.3 Å². The number of benzene rings is 1. The molecule has 3 rings (SSSR count). The van der Waals surface area contributed by atoms with Gasteiger partial charge in [-0.05, 0) is 55.9 Å². The van der Waals surface area contributed by atoms with Crippen molar-refractivity contribution in [1.29, 1.82) is 0 Å². The highest BCUT2D eigenvalue weighted by molar-refractivity contribution is 5.82. The Balaban J connectivity index is 1.44. The van der Waals surface area contributed by atoms with Gasteiger partial charge in [-0.3, -0.25) is 4.79 Å². The molecule has 1 saturated carbocycles. The molecule has 0 spiro atoms. The van der Waals surface area contributed by atoms with Gasteiger partial charge in [0, 0.05) is 25.7 Å². The number of rotatable bonds is 5. The van der Waals surface area contributed by atoms with Crippen LogP contribution in [0.25, 0.3) is 0 Å². The van der Waals surface area contributed by atoms with E-state index < -0.39 is 6.04 Å². The van der Waals surface area contributed by atoms with Crippen molar-refractivity contribution in [2.75, 3.05) is 19.6 Å². The molecule has 4 heteroatoms. The van der Waals surface area contributed by atoms with Gasteiger partial charge in [-0.15, -0.1) is 0 Å². The predicted molar refractivity (Wildman–Crippen MR) is 102 cm³/mol. The highest BCUT2D eigenvalue weighted by atomic mass is 16.2. The third kappa shape index (κ3) is 4.83. The van der Waals surface area contributed by atoms with E-state index in [0.29, 0.717) is 24.4 Å². The average molecular weight is 344 g/mol. The normalized spacial score (nSPS) is 28.6. The molecule has 4 atom stereocenters. The van der Waals surface area contributed by atoms with Gasteiger partial charge in [-0.1, -0.05) is 37.3 Å². The zero-order valence-electron chi connectivity index (χ0n) is 15.5. The third-order valence-corrected chi connectivity index (χ3v) is 6.01. The lowest BCUT2D eigenvalue weighted by Crippen LogP contribution is -2.52. The zero-order chi connectivity index (χ0) is 17.6. The lowest BCUT2D eigenvalue weighted by Gasteiger charge is -2.36. The summed E-state index contributed by atoms with van der Waals surface area (Å²) in [5.74, 6) is 1.43. The number of amides is 1. The van der Waals surface area contributed by atoms with Crippen LogP contribution in [0.2, 0.25) is 0 Å². The summed E-state index contributed by atoms with van der Waals surface area (Å²) in [7, 11) is 0. The zero-order valence-corrected chi connectivity index (χ0v) is 15.5. The Labute approximate surface area is 152 Å². The first-order chi connectivity index (χ1) is 12.1. The molecule has 4 nitrogen and oxygen atoms in total. The molecule has 1 aromatic rings. The maximum Gasteiger partial charge on any atom is 0.240 e. The molecule has 1 heterocycles. The van der Waals surface area contributed by atoms with Crippen molar-refractivity contribution in [2.45, 2.75) is 63.5 Å². The Morgan fingerprint density at radius 1 is 1.20 bits per heavy atom. The van der Waals surface area contributed by atoms with E-state index in [2.05, 4.69) is 42.6 Å². The first-order valence-electron chi connectivity index (χ1n) is 9.98. The van der Waals surface area contributed by atoms with Gasteiger partial charge in [-0.25, -0.2) is 0 Å². The highest BCUT2D eigenvalue weighted by Gasteiger charge is 2.29. The average Bonchev–Trinajstić information content (AvgIpc) is 2.67. The maximum absolute atomic E-state index is 12.4. The first-order valence-corrected chi connectivity index (χ1v) is 9.98. The number of nitrogens with zero attached hydrogens (tertiary/aromatic N) is 1. The van der Waals surface area contributed by atoms with Crippen molar-refractivity contribution in [3.05, 3.63) is 35.9 Å². The van der Waals surface area contributed by atoms with Gasteiger partial charge in [0.1, 0.15) is 0 Å². The van der Waals surface area contributed by atoms with E-state index in [1.54, 1.807) is 0 Å². The number of likely N-dealkylation sites (tertiary alicyclic amines) is 1. The summed E-state index contributed by atoms with van der Waals surface area (Å²) in [6, 6.07) is 10.9. The Morgan fingerprint density at radius 2 is 1.92 bits per heavy atom. The third-order valence-electron chi connectivity index (χ3n) is 6.01. The molecule has 1 aliphatic heterocycles. The lowest BCUT2D eigenvalue weighted by molar-refractivity contribution is -0.133. The van der Waals surface area contributed by atoms with Crippen LogP contribution in [0.1, 0.15) is 56.9 Å². The van der Waals surface area contributed by atoms with Crippen LogP contribution in [-0.2, 0) is 4.79 Å². The minimum Gasteiger partial charge on any atom is -0.341 e. The largest absolute Gasteiger partial charge is 0.341 e. The standard InChI is InChI=1S/C21H33N3O/c1-16-14-18(10-11-19(16)17-8-4-2-5-9-17)23-15-20(22)21(25)24-12-6-3-7-13-24/h2,4-5,8-9,16,18-20,23H,3,6-7,10-15,22H2,1H3. The van der Waals surface area contributed by atoms with Crippen LogP contribution in [0.3, 0.4) is 0 Å². The molecule has 1 saturated heterocycles. The van der Waals surface area contributed by atoms with Gasteiger partial charge in [-0.2, -0.15) is 0 Å². The maximum atomic E-state index is 12.4. The van der Waals surface area contributed by atoms with E-state index in [-0.39, 0.29) is 5.91 Å². The van der Waals surface area contributed by atoms with Gasteiger partial charge in [0.15, 0.2) is 0 Å². The number of nitrogens with two attached hydrogens (primary N) is 1. The molecule has 0 aromatic heterocycles. The summed E-state index contributed by atoms with van der Waals surface area (Å²) in [4.78, 5) is 14.4. The van der Waals surface area contributed by atoms with Gasteiger partial charge in [0.2, 0.25) is 5.91 Å². The number of piperidine rings is 1. The van der Waals surface area contributed by atoms with E-state index in [1.807, 2.05) is 4.90 Å². The van der Waals surface area contributed by atoms with Crippen LogP contribution >= 0.6 is 0 Å². The Bertz CT molecular complexity index is 541. The topological polar surface area (TPSA) is 58.4 Å². The summed E-state index contributed by atoms with van der Waals surface area (Å²) >= 11 is 0. The Kier molecular flexibility index (Phi) is 6.49. The Morgan fingerprint density at radius 3 is 2.60 bits per heavy atom. The number of carbonyl (C=O) groups is 1. The molecule has 2 aliphatic rings. The fraction of sp³-hybridized carbons (Fsp3) is 0.667. The fourth-order valence-corrected chi connectivity index (χ4v) is 4.51. The molecule has 0 radical (unpaired) electrons.